The molecule has 2 aromatic carbocycles. The summed E-state index contributed by atoms with van der Waals surface area (Å²) in [5.41, 5.74) is 2.30. The average Bonchev–Trinajstić information content (AvgIpc) is 3.51. The molecule has 0 aliphatic heterocycles. The zero-order valence-electron chi connectivity index (χ0n) is 20.3. The van der Waals surface area contributed by atoms with Crippen LogP contribution in [-0.2, 0) is 16.1 Å². The standard InChI is InChI=1S/C27H26N6O2S/c1-27(2,3)29-26(35)25(23-13-8-14-36-23)33(19-15-18-9-4-5-10-20(18)28-16-19)24(34)17-32-22-12-7-6-11-21(22)30-31-32/h4-16,25H,17H2,1-3H3,(H,29,35). The fourth-order valence-corrected chi connectivity index (χ4v) is 4.94. The zero-order valence-corrected chi connectivity index (χ0v) is 21.1. The van der Waals surface area contributed by atoms with Crippen LogP contribution in [-0.4, -0.2) is 37.3 Å². The normalized spacial score (nSPS) is 12.5. The SMILES string of the molecule is CC(C)(C)NC(=O)C(c1cccs1)N(C(=O)Cn1nnc2ccccc21)c1cnc2ccccc2c1. The van der Waals surface area contributed by atoms with Crippen molar-refractivity contribution in [1.29, 1.82) is 0 Å². The summed E-state index contributed by atoms with van der Waals surface area (Å²) in [6.45, 7) is 5.67. The van der Waals surface area contributed by atoms with Gasteiger partial charge in [0.1, 0.15) is 18.1 Å². The Hall–Kier alpha value is -4.11. The van der Waals surface area contributed by atoms with Crippen LogP contribution in [0.1, 0.15) is 31.7 Å². The van der Waals surface area contributed by atoms with Gasteiger partial charge >= 0.3 is 0 Å². The van der Waals surface area contributed by atoms with Crippen molar-refractivity contribution in [2.24, 2.45) is 0 Å². The van der Waals surface area contributed by atoms with Crippen LogP contribution in [0.15, 0.2) is 78.3 Å². The van der Waals surface area contributed by atoms with Crippen LogP contribution in [0.5, 0.6) is 0 Å². The number of carbonyl (C=O) groups is 2. The minimum Gasteiger partial charge on any atom is -0.349 e. The lowest BCUT2D eigenvalue weighted by Crippen LogP contribution is -2.50. The lowest BCUT2D eigenvalue weighted by atomic mass is 10.1. The molecule has 5 rings (SSSR count). The van der Waals surface area contributed by atoms with E-state index in [0.29, 0.717) is 11.2 Å². The summed E-state index contributed by atoms with van der Waals surface area (Å²) in [4.78, 5) is 34.6. The number of amides is 2. The molecule has 1 N–H and O–H groups in total. The molecule has 8 nitrogen and oxygen atoms in total. The maximum absolute atomic E-state index is 14.0. The van der Waals surface area contributed by atoms with Crippen molar-refractivity contribution in [2.45, 2.75) is 38.9 Å². The van der Waals surface area contributed by atoms with Gasteiger partial charge in [-0.15, -0.1) is 16.4 Å². The Kier molecular flexibility index (Phi) is 6.24. The van der Waals surface area contributed by atoms with Gasteiger partial charge in [-0.3, -0.25) is 19.5 Å². The first-order valence-corrected chi connectivity index (χ1v) is 12.5. The molecule has 5 aromatic rings. The third-order valence-corrected chi connectivity index (χ3v) is 6.57. The van der Waals surface area contributed by atoms with Crippen LogP contribution in [0.2, 0.25) is 0 Å². The van der Waals surface area contributed by atoms with Crippen molar-refractivity contribution >= 4 is 50.8 Å². The van der Waals surface area contributed by atoms with Gasteiger partial charge in [-0.05, 0) is 56.5 Å². The van der Waals surface area contributed by atoms with Gasteiger partial charge in [-0.25, -0.2) is 4.68 Å². The Labute approximate surface area is 212 Å². The molecule has 0 bridgehead atoms. The van der Waals surface area contributed by atoms with Crippen LogP contribution in [0.3, 0.4) is 0 Å². The molecular weight excluding hydrogens is 472 g/mol. The van der Waals surface area contributed by atoms with Crippen molar-refractivity contribution in [3.05, 3.63) is 83.2 Å². The number of carbonyl (C=O) groups excluding carboxylic acids is 2. The minimum absolute atomic E-state index is 0.0853. The molecular formula is C27H26N6O2S. The third-order valence-electron chi connectivity index (χ3n) is 5.65. The number of hydrogen-bond donors (Lipinski definition) is 1. The van der Waals surface area contributed by atoms with Crippen LogP contribution < -0.4 is 10.2 Å². The smallest absolute Gasteiger partial charge is 0.249 e. The molecule has 0 aliphatic rings. The molecule has 36 heavy (non-hydrogen) atoms. The molecule has 2 amide bonds. The first kappa shape index (κ1) is 23.6. The monoisotopic (exact) mass is 498 g/mol. The van der Waals surface area contributed by atoms with Gasteiger partial charge in [0.25, 0.3) is 0 Å². The largest absolute Gasteiger partial charge is 0.349 e. The Morgan fingerprint density at radius 2 is 1.78 bits per heavy atom. The first-order chi connectivity index (χ1) is 17.3. The van der Waals surface area contributed by atoms with Gasteiger partial charge < -0.3 is 5.32 Å². The second kappa shape index (κ2) is 9.50. The van der Waals surface area contributed by atoms with E-state index in [2.05, 4.69) is 20.6 Å². The summed E-state index contributed by atoms with van der Waals surface area (Å²) in [5, 5.41) is 14.2. The number of aromatic nitrogens is 4. The second-order valence-electron chi connectivity index (χ2n) is 9.54. The number of nitrogens with zero attached hydrogens (tertiary/aromatic N) is 5. The lowest BCUT2D eigenvalue weighted by Gasteiger charge is -2.33. The van der Waals surface area contributed by atoms with E-state index in [4.69, 9.17) is 0 Å². The Balaban J connectivity index is 1.62. The topological polar surface area (TPSA) is 93.0 Å². The number of hydrogen-bond acceptors (Lipinski definition) is 6. The Morgan fingerprint density at radius 3 is 2.53 bits per heavy atom. The summed E-state index contributed by atoms with van der Waals surface area (Å²) >= 11 is 1.43. The Morgan fingerprint density at radius 1 is 1.03 bits per heavy atom. The fourth-order valence-electron chi connectivity index (χ4n) is 4.13. The summed E-state index contributed by atoms with van der Waals surface area (Å²) < 4.78 is 1.56. The van der Waals surface area contributed by atoms with Gasteiger partial charge in [0.05, 0.1) is 22.9 Å². The lowest BCUT2D eigenvalue weighted by molar-refractivity contribution is -0.127. The van der Waals surface area contributed by atoms with Crippen molar-refractivity contribution in [1.82, 2.24) is 25.3 Å². The highest BCUT2D eigenvalue weighted by Crippen LogP contribution is 2.32. The van der Waals surface area contributed by atoms with Crippen molar-refractivity contribution in [3.63, 3.8) is 0 Å². The second-order valence-corrected chi connectivity index (χ2v) is 10.5. The number of benzene rings is 2. The van der Waals surface area contributed by atoms with Gasteiger partial charge in [0, 0.05) is 15.8 Å². The third kappa shape index (κ3) is 4.83. The number of fused-ring (bicyclic) bond motifs is 2. The molecule has 182 valence electrons. The van der Waals surface area contributed by atoms with E-state index >= 15 is 0 Å². The van der Waals surface area contributed by atoms with E-state index in [0.717, 1.165) is 21.3 Å². The van der Waals surface area contributed by atoms with E-state index in [1.54, 1.807) is 10.9 Å². The predicted molar refractivity (Wildman–Crippen MR) is 142 cm³/mol. The summed E-state index contributed by atoms with van der Waals surface area (Å²) in [7, 11) is 0. The molecule has 3 aromatic heterocycles. The zero-order chi connectivity index (χ0) is 25.3. The van der Waals surface area contributed by atoms with Crippen LogP contribution in [0.4, 0.5) is 5.69 Å². The molecule has 0 aliphatic carbocycles. The van der Waals surface area contributed by atoms with Gasteiger partial charge in [0.2, 0.25) is 11.8 Å². The van der Waals surface area contributed by atoms with Crippen molar-refractivity contribution in [3.8, 4) is 0 Å². The quantitative estimate of drug-likeness (QED) is 0.365. The highest BCUT2D eigenvalue weighted by molar-refractivity contribution is 7.10. The summed E-state index contributed by atoms with van der Waals surface area (Å²) in [5.74, 6) is -0.569. The molecule has 1 atom stereocenters. The van der Waals surface area contributed by atoms with E-state index in [1.165, 1.54) is 16.2 Å². The molecule has 0 saturated carbocycles. The molecule has 9 heteroatoms. The first-order valence-electron chi connectivity index (χ1n) is 11.6. The van der Waals surface area contributed by atoms with E-state index < -0.39 is 11.6 Å². The highest BCUT2D eigenvalue weighted by Gasteiger charge is 2.35. The van der Waals surface area contributed by atoms with Crippen LogP contribution in [0, 0.1) is 0 Å². The Bertz CT molecular complexity index is 1540. The van der Waals surface area contributed by atoms with E-state index in [-0.39, 0.29) is 18.4 Å². The number of thiophene rings is 1. The van der Waals surface area contributed by atoms with Gasteiger partial charge in [-0.2, -0.15) is 0 Å². The molecule has 0 fully saturated rings. The van der Waals surface area contributed by atoms with Crippen LogP contribution >= 0.6 is 11.3 Å². The van der Waals surface area contributed by atoms with Crippen molar-refractivity contribution in [2.75, 3.05) is 4.90 Å². The predicted octanol–water partition coefficient (Wildman–Crippen LogP) is 4.73. The summed E-state index contributed by atoms with van der Waals surface area (Å²) in [6.07, 6.45) is 1.64. The number of anilines is 1. The minimum atomic E-state index is -0.880. The van der Waals surface area contributed by atoms with Gasteiger partial charge in [-0.1, -0.05) is 41.6 Å². The van der Waals surface area contributed by atoms with Crippen LogP contribution in [0.25, 0.3) is 21.9 Å². The van der Waals surface area contributed by atoms with E-state index in [9.17, 15) is 9.59 Å². The number of rotatable bonds is 6. The summed E-state index contributed by atoms with van der Waals surface area (Å²) in [6, 6.07) is 19.9. The number of pyridine rings is 1. The molecule has 1 unspecified atom stereocenters. The fraction of sp³-hybridized carbons (Fsp3) is 0.222. The molecule has 0 saturated heterocycles. The maximum atomic E-state index is 14.0. The molecule has 0 radical (unpaired) electrons. The van der Waals surface area contributed by atoms with Gasteiger partial charge in [0.15, 0.2) is 0 Å². The molecule has 3 heterocycles. The number of para-hydroxylation sites is 2. The number of nitrogens with one attached hydrogen (secondary N) is 1. The highest BCUT2D eigenvalue weighted by atomic mass is 32.1. The van der Waals surface area contributed by atoms with Crippen molar-refractivity contribution < 1.29 is 9.59 Å². The van der Waals surface area contributed by atoms with E-state index in [1.807, 2.05) is 92.9 Å². The average molecular weight is 499 g/mol. The maximum Gasteiger partial charge on any atom is 0.249 e. The molecule has 0 spiro atoms.